The molecule has 1 aromatic carbocycles. The lowest BCUT2D eigenvalue weighted by Gasteiger charge is -2.10. The summed E-state index contributed by atoms with van der Waals surface area (Å²) in [7, 11) is 0. The van der Waals surface area contributed by atoms with Gasteiger partial charge in [-0.2, -0.15) is 5.26 Å². The Balaban J connectivity index is 3.32. The molecule has 1 unspecified atom stereocenters. The van der Waals surface area contributed by atoms with E-state index in [0.717, 1.165) is 0 Å². The number of ketones is 1. The van der Waals surface area contributed by atoms with E-state index in [0.29, 0.717) is 16.0 Å². The Hall–Kier alpha value is -0.790. The van der Waals surface area contributed by atoms with Crippen molar-refractivity contribution >= 4 is 34.3 Å². The second kappa shape index (κ2) is 4.63. The second-order valence-electron chi connectivity index (χ2n) is 2.82. The number of nitrogens with zero attached hydrogens (tertiary/aromatic N) is 1. The minimum atomic E-state index is -0.453. The monoisotopic (exact) mass is 269 g/mol. The first-order valence-electron chi connectivity index (χ1n) is 3.94. The van der Waals surface area contributed by atoms with Gasteiger partial charge in [-0.15, -0.1) is 12.6 Å². The fraction of sp³-hybridized carbons (Fsp3) is 0.200. The Kier molecular flexibility index (Phi) is 3.73. The SMILES string of the molecule is CC(=O)C(Br)c1c(S)cccc1C#N. The highest BCUT2D eigenvalue weighted by Crippen LogP contribution is 2.31. The summed E-state index contributed by atoms with van der Waals surface area (Å²) in [4.78, 5) is 11.4. The molecule has 0 saturated carbocycles. The lowest BCUT2D eigenvalue weighted by atomic mass is 10.0. The van der Waals surface area contributed by atoms with E-state index in [1.54, 1.807) is 18.2 Å². The second-order valence-corrected chi connectivity index (χ2v) is 4.22. The minimum Gasteiger partial charge on any atom is -0.298 e. The smallest absolute Gasteiger partial charge is 0.147 e. The van der Waals surface area contributed by atoms with Gasteiger partial charge in [0.15, 0.2) is 0 Å². The molecule has 0 aliphatic rings. The van der Waals surface area contributed by atoms with E-state index in [1.807, 2.05) is 6.07 Å². The molecule has 2 nitrogen and oxygen atoms in total. The largest absolute Gasteiger partial charge is 0.298 e. The highest BCUT2D eigenvalue weighted by molar-refractivity contribution is 9.09. The normalized spacial score (nSPS) is 11.9. The molecule has 0 amide bonds. The number of hydrogen-bond donors (Lipinski definition) is 1. The summed E-state index contributed by atoms with van der Waals surface area (Å²) in [5.41, 5.74) is 1.13. The third-order valence-corrected chi connectivity index (χ3v) is 3.31. The van der Waals surface area contributed by atoms with Gasteiger partial charge < -0.3 is 0 Å². The van der Waals surface area contributed by atoms with Crippen LogP contribution in [0.15, 0.2) is 23.1 Å². The van der Waals surface area contributed by atoms with Crippen molar-refractivity contribution in [3.63, 3.8) is 0 Å². The van der Waals surface area contributed by atoms with Gasteiger partial charge in [-0.1, -0.05) is 22.0 Å². The molecule has 0 aliphatic heterocycles. The molecule has 14 heavy (non-hydrogen) atoms. The zero-order valence-corrected chi connectivity index (χ0v) is 9.97. The molecule has 0 spiro atoms. The predicted molar refractivity (Wildman–Crippen MR) is 60.8 cm³/mol. The summed E-state index contributed by atoms with van der Waals surface area (Å²) in [5, 5.41) is 8.86. The van der Waals surface area contributed by atoms with Crippen molar-refractivity contribution in [1.29, 1.82) is 5.26 Å². The number of Topliss-reactive ketones (excluding diaryl/α,β-unsaturated/α-hetero) is 1. The Labute approximate surface area is 96.5 Å². The van der Waals surface area contributed by atoms with Gasteiger partial charge in [0.2, 0.25) is 0 Å². The van der Waals surface area contributed by atoms with Gasteiger partial charge in [0.1, 0.15) is 10.6 Å². The van der Waals surface area contributed by atoms with Crippen LogP contribution in [-0.4, -0.2) is 5.78 Å². The fourth-order valence-electron chi connectivity index (χ4n) is 1.12. The average Bonchev–Trinajstić information content (AvgIpc) is 2.16. The van der Waals surface area contributed by atoms with E-state index in [1.165, 1.54) is 6.92 Å². The molecule has 0 aromatic heterocycles. The number of nitriles is 1. The molecule has 4 heteroatoms. The van der Waals surface area contributed by atoms with Crippen molar-refractivity contribution in [3.8, 4) is 6.07 Å². The molecule has 1 aromatic rings. The van der Waals surface area contributed by atoms with Gasteiger partial charge in [0.05, 0.1) is 11.6 Å². The van der Waals surface area contributed by atoms with E-state index in [2.05, 4.69) is 28.6 Å². The van der Waals surface area contributed by atoms with Crippen molar-refractivity contribution in [1.82, 2.24) is 0 Å². The van der Waals surface area contributed by atoms with Crippen LogP contribution in [0, 0.1) is 11.3 Å². The molecule has 0 N–H and O–H groups in total. The lowest BCUT2D eigenvalue weighted by molar-refractivity contribution is -0.116. The molecule has 72 valence electrons. The standard InChI is InChI=1S/C10H8BrNOS/c1-6(13)10(11)9-7(5-12)3-2-4-8(9)14/h2-4,10,14H,1H3. The summed E-state index contributed by atoms with van der Waals surface area (Å²) >= 11 is 7.47. The molecule has 0 aliphatic carbocycles. The van der Waals surface area contributed by atoms with Gasteiger partial charge in [-0.3, -0.25) is 4.79 Å². The number of benzene rings is 1. The highest BCUT2D eigenvalue weighted by Gasteiger charge is 2.18. The van der Waals surface area contributed by atoms with Crippen LogP contribution in [0.5, 0.6) is 0 Å². The molecular formula is C10H8BrNOS. The maximum absolute atomic E-state index is 11.2. The summed E-state index contributed by atoms with van der Waals surface area (Å²) in [6.45, 7) is 1.47. The minimum absolute atomic E-state index is 0.0389. The van der Waals surface area contributed by atoms with E-state index in [9.17, 15) is 4.79 Å². The van der Waals surface area contributed by atoms with Gasteiger partial charge >= 0.3 is 0 Å². The fourth-order valence-corrected chi connectivity index (χ4v) is 2.13. The van der Waals surface area contributed by atoms with Gasteiger partial charge in [0.25, 0.3) is 0 Å². The van der Waals surface area contributed by atoms with Gasteiger partial charge in [-0.05, 0) is 19.1 Å². The molecule has 0 heterocycles. The van der Waals surface area contributed by atoms with Crippen LogP contribution < -0.4 is 0 Å². The van der Waals surface area contributed by atoms with Crippen LogP contribution in [-0.2, 0) is 4.79 Å². The van der Waals surface area contributed by atoms with Crippen LogP contribution in [0.25, 0.3) is 0 Å². The highest BCUT2D eigenvalue weighted by atomic mass is 79.9. The summed E-state index contributed by atoms with van der Waals surface area (Å²) < 4.78 is 0. The van der Waals surface area contributed by atoms with Crippen molar-refractivity contribution in [3.05, 3.63) is 29.3 Å². The molecule has 0 radical (unpaired) electrons. The van der Waals surface area contributed by atoms with E-state index < -0.39 is 4.83 Å². The van der Waals surface area contributed by atoms with E-state index in [4.69, 9.17) is 5.26 Å². The van der Waals surface area contributed by atoms with Crippen molar-refractivity contribution in [2.75, 3.05) is 0 Å². The van der Waals surface area contributed by atoms with Gasteiger partial charge in [-0.25, -0.2) is 0 Å². The molecule has 1 rings (SSSR count). The number of alkyl halides is 1. The van der Waals surface area contributed by atoms with E-state index in [-0.39, 0.29) is 5.78 Å². The number of carbonyl (C=O) groups excluding carboxylic acids is 1. The number of thiol groups is 1. The first-order chi connectivity index (χ1) is 6.57. The summed E-state index contributed by atoms with van der Waals surface area (Å²) in [6.07, 6.45) is 0. The number of hydrogen-bond acceptors (Lipinski definition) is 3. The van der Waals surface area contributed by atoms with Crippen LogP contribution >= 0.6 is 28.6 Å². The number of carbonyl (C=O) groups is 1. The average molecular weight is 270 g/mol. The zero-order chi connectivity index (χ0) is 10.7. The Morgan fingerprint density at radius 1 is 1.64 bits per heavy atom. The maximum atomic E-state index is 11.2. The first kappa shape index (κ1) is 11.3. The third-order valence-electron chi connectivity index (χ3n) is 1.81. The molecule has 1 atom stereocenters. The summed E-state index contributed by atoms with van der Waals surface area (Å²) in [5.74, 6) is -0.0389. The van der Waals surface area contributed by atoms with Gasteiger partial charge in [0, 0.05) is 10.5 Å². The maximum Gasteiger partial charge on any atom is 0.147 e. The van der Waals surface area contributed by atoms with E-state index >= 15 is 0 Å². The van der Waals surface area contributed by atoms with Crippen LogP contribution in [0.1, 0.15) is 22.9 Å². The predicted octanol–water partition coefficient (Wildman–Crippen LogP) is 2.87. The van der Waals surface area contributed by atoms with Crippen LogP contribution in [0.4, 0.5) is 0 Å². The first-order valence-corrected chi connectivity index (χ1v) is 5.30. The lowest BCUT2D eigenvalue weighted by Crippen LogP contribution is -2.04. The topological polar surface area (TPSA) is 40.9 Å². The van der Waals surface area contributed by atoms with Crippen molar-refractivity contribution in [2.45, 2.75) is 16.6 Å². The Morgan fingerprint density at radius 3 is 2.79 bits per heavy atom. The summed E-state index contributed by atoms with van der Waals surface area (Å²) in [6, 6.07) is 7.21. The Bertz CT molecular complexity index is 411. The van der Waals surface area contributed by atoms with Crippen LogP contribution in [0.3, 0.4) is 0 Å². The quantitative estimate of drug-likeness (QED) is 0.663. The number of rotatable bonds is 2. The molecule has 0 fully saturated rings. The van der Waals surface area contributed by atoms with Crippen LogP contribution in [0.2, 0.25) is 0 Å². The van der Waals surface area contributed by atoms with Crippen molar-refractivity contribution in [2.24, 2.45) is 0 Å². The third kappa shape index (κ3) is 2.17. The number of halogens is 1. The van der Waals surface area contributed by atoms with Crippen molar-refractivity contribution < 1.29 is 4.79 Å². The molecule has 0 saturated heterocycles. The molecule has 0 bridgehead atoms. The Morgan fingerprint density at radius 2 is 2.29 bits per heavy atom. The zero-order valence-electron chi connectivity index (χ0n) is 7.49. The molecular weight excluding hydrogens is 262 g/mol.